The zero-order valence-corrected chi connectivity index (χ0v) is 15.3. The molecule has 0 fully saturated rings. The third kappa shape index (κ3) is 2.75. The number of aromatic nitrogens is 1. The molecule has 1 atom stereocenters. The summed E-state index contributed by atoms with van der Waals surface area (Å²) in [5, 5.41) is 4.19. The molecule has 0 radical (unpaired) electrons. The molecule has 3 aromatic heterocycles. The van der Waals surface area contributed by atoms with Gasteiger partial charge in [-0.15, -0.1) is 22.7 Å². The molecule has 3 nitrogen and oxygen atoms in total. The number of fused-ring (bicyclic) bond motifs is 1. The molecule has 4 rings (SSSR count). The number of hydrogen-bond donors (Lipinski definition) is 0. The number of rotatable bonds is 2. The summed E-state index contributed by atoms with van der Waals surface area (Å²) in [7, 11) is 0. The summed E-state index contributed by atoms with van der Waals surface area (Å²) in [6.45, 7) is 0.738. The van der Waals surface area contributed by atoms with E-state index < -0.39 is 0 Å². The molecule has 3 aromatic rings. The van der Waals surface area contributed by atoms with Crippen LogP contribution in [0.15, 0.2) is 51.9 Å². The van der Waals surface area contributed by atoms with Crippen molar-refractivity contribution in [1.29, 1.82) is 0 Å². The van der Waals surface area contributed by atoms with E-state index in [0.717, 1.165) is 17.4 Å². The molecule has 1 amide bonds. The van der Waals surface area contributed by atoms with Crippen LogP contribution in [0.4, 0.5) is 0 Å². The Balaban J connectivity index is 1.77. The number of halogens is 1. The molecule has 0 N–H and O–H groups in total. The lowest BCUT2D eigenvalue weighted by atomic mass is 9.97. The van der Waals surface area contributed by atoms with E-state index in [9.17, 15) is 4.79 Å². The molecule has 0 saturated heterocycles. The maximum atomic E-state index is 13.1. The molecule has 0 bridgehead atoms. The van der Waals surface area contributed by atoms with E-state index in [1.165, 1.54) is 15.3 Å². The van der Waals surface area contributed by atoms with E-state index in [0.29, 0.717) is 5.56 Å². The number of hydrogen-bond acceptors (Lipinski definition) is 4. The molecule has 0 unspecified atom stereocenters. The summed E-state index contributed by atoms with van der Waals surface area (Å²) < 4.78 is 0.823. The minimum absolute atomic E-state index is 0.0106. The van der Waals surface area contributed by atoms with Crippen LogP contribution in [-0.2, 0) is 6.42 Å². The highest BCUT2D eigenvalue weighted by Gasteiger charge is 2.33. The molecule has 1 aliphatic heterocycles. The number of thiophene rings is 2. The van der Waals surface area contributed by atoms with Crippen molar-refractivity contribution in [2.45, 2.75) is 12.5 Å². The van der Waals surface area contributed by atoms with Gasteiger partial charge in [-0.3, -0.25) is 9.78 Å². The molecule has 6 heteroatoms. The Kier molecular flexibility index (Phi) is 4.05. The zero-order chi connectivity index (χ0) is 15.8. The Hall–Kier alpha value is -1.50. The van der Waals surface area contributed by atoms with Crippen LogP contribution in [0.1, 0.15) is 31.7 Å². The highest BCUT2D eigenvalue weighted by atomic mass is 79.9. The van der Waals surface area contributed by atoms with Crippen molar-refractivity contribution in [2.75, 3.05) is 6.54 Å². The SMILES string of the molecule is O=C(c1cncc(Br)c1)N1CCc2sccc2[C@@H]1c1cccs1. The van der Waals surface area contributed by atoms with Gasteiger partial charge in [-0.25, -0.2) is 0 Å². The summed E-state index contributed by atoms with van der Waals surface area (Å²) in [5.41, 5.74) is 1.89. The number of carbonyl (C=O) groups is 1. The van der Waals surface area contributed by atoms with Crippen LogP contribution in [0.3, 0.4) is 0 Å². The molecular weight excluding hydrogens is 392 g/mol. The number of nitrogens with zero attached hydrogens (tertiary/aromatic N) is 2. The average Bonchev–Trinajstić information content (AvgIpc) is 3.24. The first-order valence-corrected chi connectivity index (χ1v) is 9.80. The van der Waals surface area contributed by atoms with Crippen LogP contribution in [0.2, 0.25) is 0 Å². The highest BCUT2D eigenvalue weighted by molar-refractivity contribution is 9.10. The van der Waals surface area contributed by atoms with Crippen molar-refractivity contribution < 1.29 is 4.79 Å². The van der Waals surface area contributed by atoms with Gasteiger partial charge in [0.15, 0.2) is 0 Å². The number of carbonyl (C=O) groups excluding carboxylic acids is 1. The van der Waals surface area contributed by atoms with Gasteiger partial charge in [0.05, 0.1) is 11.6 Å². The Morgan fingerprint density at radius 3 is 2.96 bits per heavy atom. The van der Waals surface area contributed by atoms with Gasteiger partial charge in [0.25, 0.3) is 5.91 Å². The first kappa shape index (κ1) is 15.1. The normalized spacial score (nSPS) is 17.1. The van der Waals surface area contributed by atoms with Crippen LogP contribution in [-0.4, -0.2) is 22.3 Å². The first-order valence-electron chi connectivity index (χ1n) is 7.25. The van der Waals surface area contributed by atoms with E-state index >= 15 is 0 Å². The standard InChI is InChI=1S/C17H13BrN2OS2/c18-12-8-11(9-19-10-12)17(21)20-5-3-14-13(4-7-23-14)16(20)15-2-1-6-22-15/h1-2,4,6-10,16H,3,5H2/t16-/m1/s1. The van der Waals surface area contributed by atoms with E-state index in [4.69, 9.17) is 0 Å². The van der Waals surface area contributed by atoms with Crippen LogP contribution in [0, 0.1) is 0 Å². The Morgan fingerprint density at radius 2 is 2.17 bits per heavy atom. The van der Waals surface area contributed by atoms with Gasteiger partial charge in [0, 0.05) is 33.2 Å². The summed E-state index contributed by atoms with van der Waals surface area (Å²) in [4.78, 5) is 21.8. The molecule has 0 saturated carbocycles. The lowest BCUT2D eigenvalue weighted by Gasteiger charge is -2.35. The fraction of sp³-hybridized carbons (Fsp3) is 0.176. The monoisotopic (exact) mass is 404 g/mol. The van der Waals surface area contributed by atoms with Crippen molar-refractivity contribution in [3.63, 3.8) is 0 Å². The lowest BCUT2D eigenvalue weighted by molar-refractivity contribution is 0.0698. The van der Waals surface area contributed by atoms with Crippen molar-refractivity contribution in [3.8, 4) is 0 Å². The molecule has 4 heterocycles. The second-order valence-corrected chi connectivity index (χ2v) is 8.25. The minimum Gasteiger partial charge on any atom is -0.326 e. The second kappa shape index (κ2) is 6.19. The van der Waals surface area contributed by atoms with E-state index in [1.807, 2.05) is 17.0 Å². The van der Waals surface area contributed by atoms with Gasteiger partial charge in [-0.2, -0.15) is 0 Å². The van der Waals surface area contributed by atoms with Gasteiger partial charge in [0.1, 0.15) is 0 Å². The van der Waals surface area contributed by atoms with Gasteiger partial charge in [-0.1, -0.05) is 6.07 Å². The number of amides is 1. The predicted molar refractivity (Wildman–Crippen MR) is 97.2 cm³/mol. The van der Waals surface area contributed by atoms with Crippen LogP contribution < -0.4 is 0 Å². The van der Waals surface area contributed by atoms with Gasteiger partial charge in [0.2, 0.25) is 0 Å². The van der Waals surface area contributed by atoms with Crippen LogP contribution in [0.25, 0.3) is 0 Å². The second-order valence-electron chi connectivity index (χ2n) is 5.36. The predicted octanol–water partition coefficient (Wildman–Crippen LogP) is 4.76. The molecule has 0 aliphatic carbocycles. The van der Waals surface area contributed by atoms with E-state index in [-0.39, 0.29) is 11.9 Å². The number of pyridine rings is 1. The topological polar surface area (TPSA) is 33.2 Å². The molecule has 116 valence electrons. The Bertz CT molecular complexity index is 844. The maximum absolute atomic E-state index is 13.1. The highest BCUT2D eigenvalue weighted by Crippen LogP contribution is 2.40. The molecular formula is C17H13BrN2OS2. The summed E-state index contributed by atoms with van der Waals surface area (Å²) in [5.74, 6) is 0.0362. The molecule has 0 aromatic carbocycles. The Morgan fingerprint density at radius 1 is 1.26 bits per heavy atom. The molecule has 0 spiro atoms. The van der Waals surface area contributed by atoms with Crippen LogP contribution >= 0.6 is 38.6 Å². The van der Waals surface area contributed by atoms with Crippen LogP contribution in [0.5, 0.6) is 0 Å². The molecule has 1 aliphatic rings. The first-order chi connectivity index (χ1) is 11.2. The van der Waals surface area contributed by atoms with Gasteiger partial charge >= 0.3 is 0 Å². The fourth-order valence-electron chi connectivity index (χ4n) is 2.98. The summed E-state index contributed by atoms with van der Waals surface area (Å²) >= 11 is 6.89. The van der Waals surface area contributed by atoms with Gasteiger partial charge in [-0.05, 0) is 56.9 Å². The summed E-state index contributed by atoms with van der Waals surface area (Å²) in [6.07, 6.45) is 4.25. The largest absolute Gasteiger partial charge is 0.326 e. The van der Waals surface area contributed by atoms with E-state index in [1.54, 1.807) is 35.1 Å². The maximum Gasteiger partial charge on any atom is 0.256 e. The minimum atomic E-state index is 0.0106. The zero-order valence-electron chi connectivity index (χ0n) is 12.1. The van der Waals surface area contributed by atoms with Crippen molar-refractivity contribution >= 4 is 44.5 Å². The van der Waals surface area contributed by atoms with Gasteiger partial charge < -0.3 is 4.90 Å². The van der Waals surface area contributed by atoms with Crippen molar-refractivity contribution in [1.82, 2.24) is 9.88 Å². The smallest absolute Gasteiger partial charge is 0.256 e. The quantitative estimate of drug-likeness (QED) is 0.616. The van der Waals surface area contributed by atoms with E-state index in [2.05, 4.69) is 43.8 Å². The fourth-order valence-corrected chi connectivity index (χ4v) is 5.11. The molecule has 23 heavy (non-hydrogen) atoms. The lowest BCUT2D eigenvalue weighted by Crippen LogP contribution is -2.39. The Labute approximate surface area is 150 Å². The van der Waals surface area contributed by atoms with Crippen molar-refractivity contribution in [3.05, 3.63) is 72.8 Å². The average molecular weight is 405 g/mol. The summed E-state index contributed by atoms with van der Waals surface area (Å²) in [6, 6.07) is 8.16. The third-order valence-electron chi connectivity index (χ3n) is 3.99. The van der Waals surface area contributed by atoms with Crippen molar-refractivity contribution in [2.24, 2.45) is 0 Å². The third-order valence-corrected chi connectivity index (χ3v) is 6.35.